The van der Waals surface area contributed by atoms with Crippen molar-refractivity contribution in [2.45, 2.75) is 45.6 Å². The van der Waals surface area contributed by atoms with E-state index in [1.165, 1.54) is 6.07 Å². The third kappa shape index (κ3) is 7.63. The number of amides is 4. The highest BCUT2D eigenvalue weighted by Crippen LogP contribution is 2.27. The molecule has 0 aliphatic carbocycles. The number of hydrogen-bond acceptors (Lipinski definition) is 8. The zero-order valence-corrected chi connectivity index (χ0v) is 23.8. The monoisotopic (exact) mass is 569 g/mol. The molecule has 3 heterocycles. The molecule has 1 aromatic heterocycles. The summed E-state index contributed by atoms with van der Waals surface area (Å²) in [5.74, 6) is -0.706. The van der Waals surface area contributed by atoms with Crippen molar-refractivity contribution in [3.05, 3.63) is 35.5 Å². The van der Waals surface area contributed by atoms with E-state index in [-0.39, 0.29) is 49.4 Å². The van der Waals surface area contributed by atoms with Gasteiger partial charge >= 0.3 is 6.09 Å². The topological polar surface area (TPSA) is 142 Å². The number of ether oxygens (including phenoxy) is 2. The molecule has 2 fully saturated rings. The number of aliphatic hydroxyl groups excluding tert-OH is 1. The summed E-state index contributed by atoms with van der Waals surface area (Å²) in [5.41, 5.74) is 1.53. The van der Waals surface area contributed by atoms with E-state index in [0.717, 1.165) is 31.2 Å². The Hall–Kier alpha value is -3.93. The van der Waals surface area contributed by atoms with E-state index in [2.05, 4.69) is 10.3 Å². The lowest BCUT2D eigenvalue weighted by atomic mass is 10.1. The molecule has 4 rings (SSSR count). The van der Waals surface area contributed by atoms with Crippen LogP contribution in [0, 0.1) is 6.92 Å². The number of hydrogen-bond donors (Lipinski definition) is 2. The Kier molecular flexibility index (Phi) is 10.3. The molecule has 0 radical (unpaired) electrons. The maximum absolute atomic E-state index is 13.0. The van der Waals surface area contributed by atoms with Crippen molar-refractivity contribution in [2.75, 3.05) is 59.1 Å². The van der Waals surface area contributed by atoms with E-state index in [9.17, 15) is 24.3 Å². The first-order valence-electron chi connectivity index (χ1n) is 14.2. The van der Waals surface area contributed by atoms with Gasteiger partial charge in [-0.1, -0.05) is 19.4 Å². The van der Waals surface area contributed by atoms with Crippen LogP contribution in [0.4, 0.5) is 4.79 Å². The Morgan fingerprint density at radius 1 is 1.05 bits per heavy atom. The van der Waals surface area contributed by atoms with Crippen LogP contribution in [-0.4, -0.2) is 114 Å². The molecule has 2 N–H and O–H groups in total. The van der Waals surface area contributed by atoms with Crippen molar-refractivity contribution < 1.29 is 33.8 Å². The molecule has 2 aromatic rings. The van der Waals surface area contributed by atoms with Crippen LogP contribution in [0.5, 0.6) is 5.75 Å². The zero-order chi connectivity index (χ0) is 29.4. The van der Waals surface area contributed by atoms with Gasteiger partial charge in [0, 0.05) is 44.2 Å². The first kappa shape index (κ1) is 30.0. The van der Waals surface area contributed by atoms with Gasteiger partial charge in [-0.2, -0.15) is 0 Å². The lowest BCUT2D eigenvalue weighted by molar-refractivity contribution is -0.135. The number of likely N-dealkylation sites (tertiary alicyclic amines) is 1. The molecule has 1 atom stereocenters. The Morgan fingerprint density at radius 3 is 2.54 bits per heavy atom. The summed E-state index contributed by atoms with van der Waals surface area (Å²) >= 11 is 0. The average molecular weight is 570 g/mol. The van der Waals surface area contributed by atoms with E-state index < -0.39 is 5.91 Å². The zero-order valence-electron chi connectivity index (χ0n) is 23.8. The van der Waals surface area contributed by atoms with Crippen LogP contribution in [0.3, 0.4) is 0 Å². The van der Waals surface area contributed by atoms with Crippen molar-refractivity contribution in [3.8, 4) is 5.75 Å². The third-order valence-electron chi connectivity index (χ3n) is 7.43. The summed E-state index contributed by atoms with van der Waals surface area (Å²) in [6, 6.07) is 6.81. The van der Waals surface area contributed by atoms with Crippen LogP contribution >= 0.6 is 0 Å². The number of carbonyl (C=O) groups is 4. The van der Waals surface area contributed by atoms with Crippen LogP contribution in [0.1, 0.15) is 48.7 Å². The van der Waals surface area contributed by atoms with Crippen LogP contribution < -0.4 is 10.1 Å². The van der Waals surface area contributed by atoms with Crippen LogP contribution in [0.15, 0.2) is 24.3 Å². The smallest absolute Gasteiger partial charge is 0.409 e. The summed E-state index contributed by atoms with van der Waals surface area (Å²) in [5, 5.41) is 12.8. The fraction of sp³-hybridized carbons (Fsp3) is 0.552. The van der Waals surface area contributed by atoms with Gasteiger partial charge in [0.25, 0.3) is 11.8 Å². The molecule has 1 aromatic carbocycles. The van der Waals surface area contributed by atoms with Crippen molar-refractivity contribution in [1.29, 1.82) is 0 Å². The summed E-state index contributed by atoms with van der Waals surface area (Å²) in [7, 11) is 0. The van der Waals surface area contributed by atoms with E-state index in [1.807, 2.05) is 32.0 Å². The molecule has 0 saturated carbocycles. The summed E-state index contributed by atoms with van der Waals surface area (Å²) in [4.78, 5) is 60.0. The molecule has 0 bridgehead atoms. The minimum atomic E-state index is -0.545. The quantitative estimate of drug-likeness (QED) is 0.412. The van der Waals surface area contributed by atoms with Gasteiger partial charge in [0.15, 0.2) is 6.61 Å². The van der Waals surface area contributed by atoms with Crippen LogP contribution in [-0.2, 0) is 14.3 Å². The second-order valence-corrected chi connectivity index (χ2v) is 10.4. The van der Waals surface area contributed by atoms with E-state index in [0.29, 0.717) is 56.0 Å². The first-order valence-corrected chi connectivity index (χ1v) is 14.2. The lowest BCUT2D eigenvalue weighted by Crippen LogP contribution is -2.52. The summed E-state index contributed by atoms with van der Waals surface area (Å²) in [6.45, 7) is 5.78. The maximum atomic E-state index is 13.0. The molecule has 2 saturated heterocycles. The number of rotatable bonds is 10. The van der Waals surface area contributed by atoms with Gasteiger partial charge in [0.1, 0.15) is 11.4 Å². The highest BCUT2D eigenvalue weighted by atomic mass is 16.6. The standard InChI is InChI=1S/C29H39N5O7/c1-3-4-14-40-29(39)33-12-10-32(11-13-33)26(36)17-30-28(38)24-16-25(22-8-7-20(2)15-23(22)31-24)41-19-27(37)34-9-5-6-21(34)18-35/h7-8,15-16,21,35H,3-6,9-14,17-19H2,1-2H3,(H,30,38). The average Bonchev–Trinajstić information content (AvgIpc) is 3.47. The largest absolute Gasteiger partial charge is 0.483 e. The first-order chi connectivity index (χ1) is 19.8. The number of piperazine rings is 1. The van der Waals surface area contributed by atoms with Gasteiger partial charge in [0.2, 0.25) is 5.91 Å². The molecule has 1 unspecified atom stereocenters. The molecular formula is C29H39N5O7. The SMILES string of the molecule is CCCCOC(=O)N1CCN(C(=O)CNC(=O)c2cc(OCC(=O)N3CCCC3CO)c3ccc(C)cc3n2)CC1. The predicted molar refractivity (Wildman–Crippen MR) is 151 cm³/mol. The molecular weight excluding hydrogens is 530 g/mol. The summed E-state index contributed by atoms with van der Waals surface area (Å²) in [6.07, 6.45) is 2.96. The second kappa shape index (κ2) is 14.1. The second-order valence-electron chi connectivity index (χ2n) is 10.4. The molecule has 12 heteroatoms. The van der Waals surface area contributed by atoms with Crippen LogP contribution in [0.25, 0.3) is 10.9 Å². The molecule has 2 aliphatic heterocycles. The van der Waals surface area contributed by atoms with E-state index in [1.54, 1.807) is 14.7 Å². The number of fused-ring (bicyclic) bond motifs is 1. The molecule has 4 amide bonds. The third-order valence-corrected chi connectivity index (χ3v) is 7.43. The molecule has 12 nitrogen and oxygen atoms in total. The van der Waals surface area contributed by atoms with Gasteiger partial charge in [-0.15, -0.1) is 0 Å². The van der Waals surface area contributed by atoms with Crippen molar-refractivity contribution in [1.82, 2.24) is 25.0 Å². The Morgan fingerprint density at radius 2 is 1.80 bits per heavy atom. The van der Waals surface area contributed by atoms with Gasteiger partial charge in [-0.3, -0.25) is 14.4 Å². The number of carbonyl (C=O) groups excluding carboxylic acids is 4. The number of nitrogens with zero attached hydrogens (tertiary/aromatic N) is 4. The Labute approximate surface area is 239 Å². The van der Waals surface area contributed by atoms with E-state index >= 15 is 0 Å². The number of aromatic nitrogens is 1. The van der Waals surface area contributed by atoms with Gasteiger partial charge in [-0.05, 0) is 43.9 Å². The Balaban J connectivity index is 1.35. The molecule has 2 aliphatic rings. The van der Waals surface area contributed by atoms with Gasteiger partial charge < -0.3 is 34.6 Å². The molecule has 222 valence electrons. The lowest BCUT2D eigenvalue weighted by Gasteiger charge is -2.34. The molecule has 41 heavy (non-hydrogen) atoms. The minimum absolute atomic E-state index is 0.0624. The molecule has 0 spiro atoms. The normalized spacial score (nSPS) is 17.0. The van der Waals surface area contributed by atoms with Crippen molar-refractivity contribution in [3.63, 3.8) is 0 Å². The highest BCUT2D eigenvalue weighted by Gasteiger charge is 2.29. The predicted octanol–water partition coefficient (Wildman–Crippen LogP) is 1.72. The van der Waals surface area contributed by atoms with Crippen LogP contribution in [0.2, 0.25) is 0 Å². The van der Waals surface area contributed by atoms with Crippen molar-refractivity contribution in [2.24, 2.45) is 0 Å². The number of aliphatic hydroxyl groups is 1. The highest BCUT2D eigenvalue weighted by molar-refractivity contribution is 5.98. The fourth-order valence-electron chi connectivity index (χ4n) is 5.01. The van der Waals surface area contributed by atoms with Gasteiger partial charge in [-0.25, -0.2) is 9.78 Å². The number of aryl methyl sites for hydroxylation is 1. The summed E-state index contributed by atoms with van der Waals surface area (Å²) < 4.78 is 11.1. The minimum Gasteiger partial charge on any atom is -0.483 e. The number of pyridine rings is 1. The van der Waals surface area contributed by atoms with Gasteiger partial charge in [0.05, 0.1) is 31.3 Å². The maximum Gasteiger partial charge on any atom is 0.409 e. The number of nitrogens with one attached hydrogen (secondary N) is 1. The number of benzene rings is 1. The number of unbranched alkanes of at least 4 members (excludes halogenated alkanes) is 1. The fourth-order valence-corrected chi connectivity index (χ4v) is 5.01. The Bertz CT molecular complexity index is 1260. The van der Waals surface area contributed by atoms with E-state index in [4.69, 9.17) is 9.47 Å². The van der Waals surface area contributed by atoms with Crippen molar-refractivity contribution >= 4 is 34.7 Å².